The highest BCUT2D eigenvalue weighted by molar-refractivity contribution is 6.56. The smallest absolute Gasteiger partial charge is 0.0809 e. The van der Waals surface area contributed by atoms with Crippen LogP contribution in [0.4, 0.5) is 0 Å². The monoisotopic (exact) mass is 626 g/mol. The summed E-state index contributed by atoms with van der Waals surface area (Å²) in [4.78, 5) is 0. The zero-order valence-electron chi connectivity index (χ0n) is 21.4. The first kappa shape index (κ1) is 26.7. The topological polar surface area (TPSA) is 0 Å². The summed E-state index contributed by atoms with van der Waals surface area (Å²) in [6, 6.07) is 40.3. The molecule has 0 atom stereocenters. The minimum atomic E-state index is 0.141. The zero-order chi connectivity index (χ0) is 28.2. The quantitative estimate of drug-likeness (QED) is 0.104. The Balaban J connectivity index is 1.64. The molecule has 198 valence electrons. The van der Waals surface area contributed by atoms with Gasteiger partial charge in [0.1, 0.15) is 0 Å². The zero-order valence-corrected chi connectivity index (χ0v) is 25.1. The van der Waals surface area contributed by atoms with E-state index < -0.39 is 0 Å². The summed E-state index contributed by atoms with van der Waals surface area (Å²) in [5.41, 5.74) is 5.89. The molecule has 0 saturated carbocycles. The predicted molar refractivity (Wildman–Crippen MR) is 180 cm³/mol. The molecule has 0 saturated heterocycles. The molecule has 7 rings (SSSR count). The van der Waals surface area contributed by atoms with Crippen LogP contribution in [0.3, 0.4) is 0 Å². The Morgan fingerprint density at radius 2 is 0.780 bits per heavy atom. The van der Waals surface area contributed by atoms with Gasteiger partial charge in [-0.25, -0.2) is 0 Å². The third-order valence-electron chi connectivity index (χ3n) is 7.62. The van der Waals surface area contributed by atoms with Crippen LogP contribution in [0.15, 0.2) is 115 Å². The van der Waals surface area contributed by atoms with E-state index >= 15 is 0 Å². The van der Waals surface area contributed by atoms with Gasteiger partial charge in [0, 0.05) is 5.56 Å². The first-order valence-electron chi connectivity index (χ1n) is 13.0. The molecule has 0 heterocycles. The second-order valence-electron chi connectivity index (χ2n) is 9.93. The van der Waals surface area contributed by atoms with Crippen LogP contribution in [0, 0.1) is 0 Å². The average molecular weight is 629 g/mol. The molecule has 41 heavy (non-hydrogen) atoms. The SMILES string of the molecule is Clc1c(Cl)c(Cl)c(-c2ccc3c(-c4ccc5ccccc5c4)c4ccccc4c(-c4ccccc4)c3c2)c(Cl)c1Cl. The maximum atomic E-state index is 6.74. The maximum absolute atomic E-state index is 6.74. The lowest BCUT2D eigenvalue weighted by atomic mass is 9.84. The molecule has 0 aromatic heterocycles. The Morgan fingerprint density at radius 1 is 0.293 bits per heavy atom. The van der Waals surface area contributed by atoms with Gasteiger partial charge in [0.05, 0.1) is 25.1 Å². The molecule has 0 aliphatic carbocycles. The third kappa shape index (κ3) is 4.38. The molecule has 0 bridgehead atoms. The molecular weight excluding hydrogens is 610 g/mol. The van der Waals surface area contributed by atoms with Crippen molar-refractivity contribution in [1.29, 1.82) is 0 Å². The summed E-state index contributed by atoms with van der Waals surface area (Å²) >= 11 is 32.7. The molecule has 0 radical (unpaired) electrons. The summed E-state index contributed by atoms with van der Waals surface area (Å²) in [5, 5.41) is 7.92. The largest absolute Gasteiger partial charge is 0.0819 e. The van der Waals surface area contributed by atoms with Crippen LogP contribution in [0.25, 0.3) is 65.7 Å². The Bertz CT molecular complexity index is 2120. The molecule has 5 heteroatoms. The second-order valence-corrected chi connectivity index (χ2v) is 11.8. The van der Waals surface area contributed by atoms with Gasteiger partial charge in [-0.1, -0.05) is 161 Å². The van der Waals surface area contributed by atoms with Gasteiger partial charge in [0.15, 0.2) is 0 Å². The molecular formula is C36H19Cl5. The molecule has 0 N–H and O–H groups in total. The lowest BCUT2D eigenvalue weighted by molar-refractivity contribution is 1.62. The van der Waals surface area contributed by atoms with Gasteiger partial charge < -0.3 is 0 Å². The van der Waals surface area contributed by atoms with E-state index in [0.29, 0.717) is 5.56 Å². The van der Waals surface area contributed by atoms with Crippen molar-refractivity contribution in [2.75, 3.05) is 0 Å². The van der Waals surface area contributed by atoms with Crippen LogP contribution in [-0.4, -0.2) is 0 Å². The molecule has 7 aromatic carbocycles. The van der Waals surface area contributed by atoms with Crippen molar-refractivity contribution in [2.45, 2.75) is 0 Å². The van der Waals surface area contributed by atoms with E-state index in [2.05, 4.69) is 103 Å². The molecule has 0 aliphatic heterocycles. The van der Waals surface area contributed by atoms with Gasteiger partial charge >= 0.3 is 0 Å². The fourth-order valence-corrected chi connectivity index (χ4v) is 7.12. The second kappa shape index (κ2) is 10.6. The summed E-state index contributed by atoms with van der Waals surface area (Å²) in [6.07, 6.45) is 0. The van der Waals surface area contributed by atoms with Crippen molar-refractivity contribution in [1.82, 2.24) is 0 Å². The summed E-state index contributed by atoms with van der Waals surface area (Å²) in [7, 11) is 0. The van der Waals surface area contributed by atoms with Gasteiger partial charge in [-0.15, -0.1) is 0 Å². The Kier molecular flexibility index (Phi) is 6.86. The van der Waals surface area contributed by atoms with E-state index in [1.807, 2.05) is 12.1 Å². The minimum absolute atomic E-state index is 0.141. The summed E-state index contributed by atoms with van der Waals surface area (Å²) in [5.74, 6) is 0. The van der Waals surface area contributed by atoms with Crippen molar-refractivity contribution < 1.29 is 0 Å². The van der Waals surface area contributed by atoms with Crippen molar-refractivity contribution in [3.63, 3.8) is 0 Å². The van der Waals surface area contributed by atoms with E-state index in [9.17, 15) is 0 Å². The van der Waals surface area contributed by atoms with E-state index in [0.717, 1.165) is 44.0 Å². The fourth-order valence-electron chi connectivity index (χ4n) is 5.76. The first-order valence-corrected chi connectivity index (χ1v) is 14.9. The minimum Gasteiger partial charge on any atom is -0.0819 e. The van der Waals surface area contributed by atoms with Crippen LogP contribution in [0.5, 0.6) is 0 Å². The van der Waals surface area contributed by atoms with Crippen molar-refractivity contribution in [3.8, 4) is 33.4 Å². The maximum Gasteiger partial charge on any atom is 0.0809 e. The van der Waals surface area contributed by atoms with Gasteiger partial charge in [-0.2, -0.15) is 0 Å². The third-order valence-corrected chi connectivity index (χ3v) is 9.90. The van der Waals surface area contributed by atoms with Crippen molar-refractivity contribution in [3.05, 3.63) is 140 Å². The standard InChI is InChI=1S/C36H19Cl5/c37-32-31(33(38)35(40)36(41)34(32)39)24-16-17-27-28(19-24)29(21-9-2-1-3-10-21)25-12-6-7-13-26(25)30(27)23-15-14-20-8-4-5-11-22(20)18-23/h1-19H. The van der Waals surface area contributed by atoms with E-state index in [4.69, 9.17) is 58.0 Å². The van der Waals surface area contributed by atoms with Crippen molar-refractivity contribution in [2.24, 2.45) is 0 Å². The highest BCUT2D eigenvalue weighted by atomic mass is 35.5. The van der Waals surface area contributed by atoms with Crippen LogP contribution in [-0.2, 0) is 0 Å². The van der Waals surface area contributed by atoms with Crippen LogP contribution >= 0.6 is 58.0 Å². The Hall–Kier alpha value is -3.23. The molecule has 0 aliphatic rings. The highest BCUT2D eigenvalue weighted by Gasteiger charge is 2.23. The average Bonchev–Trinajstić information content (AvgIpc) is 3.02. The normalized spacial score (nSPS) is 11.5. The number of fused-ring (bicyclic) bond motifs is 3. The van der Waals surface area contributed by atoms with Crippen LogP contribution in [0.2, 0.25) is 25.1 Å². The number of benzene rings is 7. The predicted octanol–water partition coefficient (Wildman–Crippen LogP) is 13.4. The summed E-state index contributed by atoms with van der Waals surface area (Å²) < 4.78 is 0. The van der Waals surface area contributed by atoms with Gasteiger partial charge in [-0.3, -0.25) is 0 Å². The lowest BCUT2D eigenvalue weighted by Gasteiger charge is -2.20. The molecule has 0 spiro atoms. The first-order chi connectivity index (χ1) is 19.9. The van der Waals surface area contributed by atoms with E-state index in [1.165, 1.54) is 16.2 Å². The lowest BCUT2D eigenvalue weighted by Crippen LogP contribution is -1.93. The number of hydrogen-bond acceptors (Lipinski definition) is 0. The number of rotatable bonds is 3. The molecule has 7 aromatic rings. The van der Waals surface area contributed by atoms with Crippen LogP contribution < -0.4 is 0 Å². The van der Waals surface area contributed by atoms with Gasteiger partial charge in [-0.05, 0) is 72.3 Å². The van der Waals surface area contributed by atoms with Crippen molar-refractivity contribution >= 4 is 90.3 Å². The van der Waals surface area contributed by atoms with E-state index in [1.54, 1.807) is 0 Å². The van der Waals surface area contributed by atoms with E-state index in [-0.39, 0.29) is 25.1 Å². The molecule has 0 nitrogen and oxygen atoms in total. The molecule has 0 amide bonds. The highest BCUT2D eigenvalue weighted by Crippen LogP contribution is 2.50. The van der Waals surface area contributed by atoms with Crippen LogP contribution in [0.1, 0.15) is 0 Å². The molecule has 0 unspecified atom stereocenters. The number of halogens is 5. The fraction of sp³-hybridized carbons (Fsp3) is 0. The number of hydrogen-bond donors (Lipinski definition) is 0. The summed E-state index contributed by atoms with van der Waals surface area (Å²) in [6.45, 7) is 0. The Morgan fingerprint density at radius 3 is 1.46 bits per heavy atom. The molecule has 0 fully saturated rings. The van der Waals surface area contributed by atoms with Gasteiger partial charge in [0.2, 0.25) is 0 Å². The van der Waals surface area contributed by atoms with Gasteiger partial charge in [0.25, 0.3) is 0 Å². The Labute approximate surface area is 262 Å².